The van der Waals surface area contributed by atoms with Gasteiger partial charge in [-0.1, -0.05) is 19.1 Å². The molecule has 3 nitrogen and oxygen atoms in total. The van der Waals surface area contributed by atoms with E-state index in [1.54, 1.807) is 0 Å². The number of benzene rings is 1. The van der Waals surface area contributed by atoms with Crippen molar-refractivity contribution in [3.8, 4) is 5.75 Å². The molecule has 1 aliphatic heterocycles. The maximum Gasteiger partial charge on any atom is 0.119 e. The van der Waals surface area contributed by atoms with E-state index in [0.717, 1.165) is 51.3 Å². The average Bonchev–Trinajstić information content (AvgIpc) is 2.48. The van der Waals surface area contributed by atoms with Gasteiger partial charge in [0.1, 0.15) is 12.4 Å². The molecule has 3 heteroatoms. The van der Waals surface area contributed by atoms with Gasteiger partial charge in [0.2, 0.25) is 0 Å². The molecule has 1 aromatic rings. The molecule has 1 aliphatic rings. The predicted octanol–water partition coefficient (Wildman–Crippen LogP) is 2.72. The number of hydrogen-bond acceptors (Lipinski definition) is 3. The van der Waals surface area contributed by atoms with Crippen LogP contribution in [0.3, 0.4) is 0 Å². The van der Waals surface area contributed by atoms with Gasteiger partial charge in [0.05, 0.1) is 6.10 Å². The highest BCUT2D eigenvalue weighted by molar-refractivity contribution is 5.28. The largest absolute Gasteiger partial charge is 0.492 e. The first-order valence-electron chi connectivity index (χ1n) is 7.81. The quantitative estimate of drug-likeness (QED) is 0.868. The summed E-state index contributed by atoms with van der Waals surface area (Å²) in [5.41, 5.74) is 1.32. The highest BCUT2D eigenvalue weighted by atomic mass is 16.5. The monoisotopic (exact) mass is 277 g/mol. The molecule has 112 valence electrons. The molecule has 1 N–H and O–H groups in total. The van der Waals surface area contributed by atoms with Gasteiger partial charge >= 0.3 is 0 Å². The molecule has 0 radical (unpaired) electrons. The van der Waals surface area contributed by atoms with Crippen molar-refractivity contribution >= 4 is 0 Å². The average molecular weight is 277 g/mol. The first kappa shape index (κ1) is 15.3. The van der Waals surface area contributed by atoms with Gasteiger partial charge in [0.15, 0.2) is 0 Å². The van der Waals surface area contributed by atoms with Crippen LogP contribution in [0.1, 0.15) is 32.3 Å². The molecule has 1 saturated heterocycles. The Balaban J connectivity index is 1.69. The summed E-state index contributed by atoms with van der Waals surface area (Å²) in [6.07, 6.45) is 3.08. The summed E-state index contributed by atoms with van der Waals surface area (Å²) in [6, 6.07) is 8.34. The van der Waals surface area contributed by atoms with Crippen LogP contribution in [0.15, 0.2) is 24.3 Å². The van der Waals surface area contributed by atoms with Crippen LogP contribution in [0.4, 0.5) is 0 Å². The fourth-order valence-corrected chi connectivity index (χ4v) is 2.81. The number of piperidine rings is 1. The van der Waals surface area contributed by atoms with Gasteiger partial charge in [-0.2, -0.15) is 0 Å². The van der Waals surface area contributed by atoms with E-state index >= 15 is 0 Å². The zero-order chi connectivity index (χ0) is 14.4. The fraction of sp³-hybridized carbons (Fsp3) is 0.647. The zero-order valence-corrected chi connectivity index (χ0v) is 12.7. The lowest BCUT2D eigenvalue weighted by molar-refractivity contribution is 0.0672. The lowest BCUT2D eigenvalue weighted by atomic mass is 9.92. The van der Waals surface area contributed by atoms with E-state index in [2.05, 4.69) is 30.0 Å². The van der Waals surface area contributed by atoms with Gasteiger partial charge < -0.3 is 9.84 Å². The van der Waals surface area contributed by atoms with E-state index in [1.807, 2.05) is 13.0 Å². The normalized spacial score (nSPS) is 18.9. The highest BCUT2D eigenvalue weighted by Gasteiger charge is 2.22. The number of likely N-dealkylation sites (tertiary alicyclic amines) is 1. The molecule has 0 saturated carbocycles. The summed E-state index contributed by atoms with van der Waals surface area (Å²) in [4.78, 5) is 2.43. The summed E-state index contributed by atoms with van der Waals surface area (Å²) >= 11 is 0. The number of aliphatic hydroxyl groups excluding tert-OH is 1. The Hall–Kier alpha value is -1.06. The van der Waals surface area contributed by atoms with E-state index in [-0.39, 0.29) is 6.10 Å². The van der Waals surface area contributed by atoms with E-state index < -0.39 is 0 Å². The Labute approximate surface area is 122 Å². The van der Waals surface area contributed by atoms with Crippen LogP contribution in [0, 0.1) is 5.92 Å². The topological polar surface area (TPSA) is 32.7 Å². The molecule has 20 heavy (non-hydrogen) atoms. The van der Waals surface area contributed by atoms with Gasteiger partial charge in [0, 0.05) is 6.54 Å². The molecule has 0 amide bonds. The second-order valence-electron chi connectivity index (χ2n) is 5.77. The lowest BCUT2D eigenvalue weighted by Gasteiger charge is -2.33. The lowest BCUT2D eigenvalue weighted by Crippen LogP contribution is -2.39. The van der Waals surface area contributed by atoms with Gasteiger partial charge in [-0.25, -0.2) is 0 Å². The molecule has 1 fully saturated rings. The first-order chi connectivity index (χ1) is 9.69. The minimum absolute atomic E-state index is 0.162. The summed E-state index contributed by atoms with van der Waals surface area (Å²) in [5, 5.41) is 9.59. The van der Waals surface area contributed by atoms with Crippen molar-refractivity contribution in [1.29, 1.82) is 0 Å². The standard InChI is InChI=1S/C17H27NO2/c1-3-15-5-4-6-17(13-15)20-12-11-18-9-7-16(8-10-18)14(2)19/h4-6,13-14,16,19H,3,7-12H2,1-2H3. The SMILES string of the molecule is CCc1cccc(OCCN2CCC(C(C)O)CC2)c1. The van der Waals surface area contributed by atoms with E-state index in [9.17, 15) is 5.11 Å². The van der Waals surface area contributed by atoms with Crippen molar-refractivity contribution in [3.05, 3.63) is 29.8 Å². The van der Waals surface area contributed by atoms with Crippen molar-refractivity contribution in [3.63, 3.8) is 0 Å². The van der Waals surface area contributed by atoms with Crippen LogP contribution in [-0.4, -0.2) is 42.4 Å². The second kappa shape index (κ2) is 7.65. The maximum absolute atomic E-state index is 9.59. The highest BCUT2D eigenvalue weighted by Crippen LogP contribution is 2.20. The van der Waals surface area contributed by atoms with E-state index in [1.165, 1.54) is 5.56 Å². The Morgan fingerprint density at radius 3 is 2.75 bits per heavy atom. The third-order valence-electron chi connectivity index (χ3n) is 4.30. The van der Waals surface area contributed by atoms with Crippen molar-refractivity contribution in [2.24, 2.45) is 5.92 Å². The molecule has 0 spiro atoms. The van der Waals surface area contributed by atoms with Crippen LogP contribution in [0.5, 0.6) is 5.75 Å². The minimum atomic E-state index is -0.162. The smallest absolute Gasteiger partial charge is 0.119 e. The molecule has 0 aromatic heterocycles. The number of aliphatic hydroxyl groups is 1. The van der Waals surface area contributed by atoms with Gasteiger partial charge in [0.25, 0.3) is 0 Å². The third kappa shape index (κ3) is 4.50. The van der Waals surface area contributed by atoms with Crippen LogP contribution in [0.2, 0.25) is 0 Å². The molecule has 1 aromatic carbocycles. The van der Waals surface area contributed by atoms with Crippen molar-refractivity contribution in [2.75, 3.05) is 26.2 Å². The number of hydrogen-bond donors (Lipinski definition) is 1. The van der Waals surface area contributed by atoms with Crippen LogP contribution < -0.4 is 4.74 Å². The van der Waals surface area contributed by atoms with E-state index in [0.29, 0.717) is 5.92 Å². The number of nitrogens with zero attached hydrogens (tertiary/aromatic N) is 1. The molecular formula is C17H27NO2. The second-order valence-corrected chi connectivity index (χ2v) is 5.77. The Kier molecular flexibility index (Phi) is 5.86. The third-order valence-corrected chi connectivity index (χ3v) is 4.30. The Morgan fingerprint density at radius 1 is 1.35 bits per heavy atom. The van der Waals surface area contributed by atoms with Crippen LogP contribution >= 0.6 is 0 Å². The molecule has 0 bridgehead atoms. The molecule has 0 aliphatic carbocycles. The van der Waals surface area contributed by atoms with Gasteiger partial charge in [-0.15, -0.1) is 0 Å². The molecular weight excluding hydrogens is 250 g/mol. The van der Waals surface area contributed by atoms with Gasteiger partial charge in [-0.05, 0) is 62.9 Å². The first-order valence-corrected chi connectivity index (χ1v) is 7.81. The van der Waals surface area contributed by atoms with Crippen LogP contribution in [0.25, 0.3) is 0 Å². The molecule has 1 unspecified atom stereocenters. The minimum Gasteiger partial charge on any atom is -0.492 e. The Bertz CT molecular complexity index is 398. The number of ether oxygens (including phenoxy) is 1. The van der Waals surface area contributed by atoms with E-state index in [4.69, 9.17) is 4.74 Å². The summed E-state index contributed by atoms with van der Waals surface area (Å²) in [6.45, 7) is 7.94. The predicted molar refractivity (Wildman–Crippen MR) is 82.2 cm³/mol. The molecule has 2 rings (SSSR count). The Morgan fingerprint density at radius 2 is 2.10 bits per heavy atom. The van der Waals surface area contributed by atoms with Crippen molar-refractivity contribution in [2.45, 2.75) is 39.2 Å². The summed E-state index contributed by atoms with van der Waals surface area (Å²) < 4.78 is 5.83. The van der Waals surface area contributed by atoms with Crippen molar-refractivity contribution < 1.29 is 9.84 Å². The van der Waals surface area contributed by atoms with Crippen molar-refractivity contribution in [1.82, 2.24) is 4.90 Å². The summed E-state index contributed by atoms with van der Waals surface area (Å²) in [7, 11) is 0. The molecule has 1 heterocycles. The molecule has 1 atom stereocenters. The van der Waals surface area contributed by atoms with Crippen LogP contribution in [-0.2, 0) is 6.42 Å². The zero-order valence-electron chi connectivity index (χ0n) is 12.7. The summed E-state index contributed by atoms with van der Waals surface area (Å²) in [5.74, 6) is 1.46. The van der Waals surface area contributed by atoms with Gasteiger partial charge in [-0.3, -0.25) is 4.90 Å². The maximum atomic E-state index is 9.59. The number of rotatable bonds is 6. The fourth-order valence-electron chi connectivity index (χ4n) is 2.81. The number of aryl methyl sites for hydroxylation is 1.